The minimum atomic E-state index is -1.96. The monoisotopic (exact) mass is 239 g/mol. The van der Waals surface area contributed by atoms with Gasteiger partial charge in [-0.15, -0.1) is 0 Å². The van der Waals surface area contributed by atoms with Gasteiger partial charge in [-0.05, 0) is 24.3 Å². The fraction of sp³-hybridized carbons (Fsp3) is 0.125. The standard InChI is InChI=1S/C8H9NO3S.K.H/c1-6(10)9-7-2-4-8(5-3-7)13(11)12;;/h2-5H,1H3,(H,9,10)(H,11,12);;/q;+1;-1. The van der Waals surface area contributed by atoms with E-state index in [0.29, 0.717) is 10.6 Å². The van der Waals surface area contributed by atoms with E-state index in [1.807, 2.05) is 0 Å². The number of carbonyl (C=O) groups is 1. The van der Waals surface area contributed by atoms with Crippen molar-refractivity contribution in [3.63, 3.8) is 0 Å². The SMILES string of the molecule is CC(=O)Nc1ccc(S(=O)O)cc1.[H-].[K+]. The Morgan fingerprint density at radius 3 is 2.29 bits per heavy atom. The summed E-state index contributed by atoms with van der Waals surface area (Å²) in [7, 11) is 0. The summed E-state index contributed by atoms with van der Waals surface area (Å²) in [5.41, 5.74) is 0.613. The predicted molar refractivity (Wildman–Crippen MR) is 50.9 cm³/mol. The Hall–Kier alpha value is 0.436. The van der Waals surface area contributed by atoms with Gasteiger partial charge in [0.2, 0.25) is 5.91 Å². The summed E-state index contributed by atoms with van der Waals surface area (Å²) in [4.78, 5) is 10.9. The third kappa shape index (κ3) is 4.79. The third-order valence-corrected chi connectivity index (χ3v) is 2.05. The molecular weight excluding hydrogens is 229 g/mol. The van der Waals surface area contributed by atoms with Crippen LogP contribution in [0.5, 0.6) is 0 Å². The molecule has 4 nitrogen and oxygen atoms in total. The molecule has 0 saturated carbocycles. The van der Waals surface area contributed by atoms with Crippen molar-refractivity contribution >= 4 is 22.7 Å². The Balaban J connectivity index is 0. The van der Waals surface area contributed by atoms with Crippen LogP contribution in [-0.2, 0) is 15.9 Å². The van der Waals surface area contributed by atoms with Crippen molar-refractivity contribution in [2.75, 3.05) is 5.32 Å². The molecule has 0 aliphatic carbocycles. The first-order valence-electron chi connectivity index (χ1n) is 3.58. The van der Waals surface area contributed by atoms with Gasteiger partial charge in [0.05, 0.1) is 4.90 Å². The second-order valence-electron chi connectivity index (χ2n) is 2.45. The van der Waals surface area contributed by atoms with E-state index < -0.39 is 11.1 Å². The van der Waals surface area contributed by atoms with Crippen LogP contribution in [0.2, 0.25) is 0 Å². The molecule has 0 aliphatic heterocycles. The molecule has 1 atom stereocenters. The van der Waals surface area contributed by atoms with Crippen molar-refractivity contribution in [3.05, 3.63) is 24.3 Å². The van der Waals surface area contributed by atoms with Crippen LogP contribution in [0.1, 0.15) is 8.35 Å². The van der Waals surface area contributed by atoms with Crippen LogP contribution in [0.3, 0.4) is 0 Å². The molecule has 6 heteroatoms. The van der Waals surface area contributed by atoms with Gasteiger partial charge in [-0.3, -0.25) is 4.79 Å². The minimum Gasteiger partial charge on any atom is -1.00 e. The normalized spacial score (nSPS) is 11.3. The largest absolute Gasteiger partial charge is 1.00 e. The van der Waals surface area contributed by atoms with Crippen molar-refractivity contribution < 1.29 is 66.4 Å². The van der Waals surface area contributed by atoms with E-state index >= 15 is 0 Å². The van der Waals surface area contributed by atoms with Gasteiger partial charge in [0, 0.05) is 12.6 Å². The fourth-order valence-electron chi connectivity index (χ4n) is 0.858. The van der Waals surface area contributed by atoms with Crippen molar-refractivity contribution in [1.29, 1.82) is 0 Å². The maximum atomic E-state index is 10.6. The summed E-state index contributed by atoms with van der Waals surface area (Å²) in [6.07, 6.45) is 0. The first-order chi connectivity index (χ1) is 6.09. The number of hydrogen-bond donors (Lipinski definition) is 2. The van der Waals surface area contributed by atoms with Crippen molar-refractivity contribution in [2.45, 2.75) is 11.8 Å². The summed E-state index contributed by atoms with van der Waals surface area (Å²) in [6.45, 7) is 1.40. The number of benzene rings is 1. The van der Waals surface area contributed by atoms with Crippen molar-refractivity contribution in [3.8, 4) is 0 Å². The smallest absolute Gasteiger partial charge is 1.00 e. The van der Waals surface area contributed by atoms with E-state index in [9.17, 15) is 9.00 Å². The number of nitrogens with one attached hydrogen (secondary N) is 1. The molecule has 0 bridgehead atoms. The Labute approximate surface area is 129 Å². The van der Waals surface area contributed by atoms with E-state index in [0.717, 1.165) is 0 Å². The number of rotatable bonds is 2. The van der Waals surface area contributed by atoms with Crippen LogP contribution >= 0.6 is 0 Å². The molecule has 1 amide bonds. The maximum absolute atomic E-state index is 10.6. The van der Waals surface area contributed by atoms with Gasteiger partial charge >= 0.3 is 51.4 Å². The van der Waals surface area contributed by atoms with E-state index in [2.05, 4.69) is 5.32 Å². The molecule has 1 aromatic carbocycles. The number of anilines is 1. The van der Waals surface area contributed by atoms with Crippen LogP contribution in [-0.4, -0.2) is 14.7 Å². The van der Waals surface area contributed by atoms with Gasteiger partial charge in [0.25, 0.3) is 0 Å². The number of hydrogen-bond acceptors (Lipinski definition) is 2. The Morgan fingerprint density at radius 2 is 1.93 bits per heavy atom. The summed E-state index contributed by atoms with van der Waals surface area (Å²) in [5, 5.41) is 2.55. The first kappa shape index (κ1) is 14.4. The van der Waals surface area contributed by atoms with Crippen LogP contribution < -0.4 is 56.7 Å². The Bertz CT molecular complexity index is 344. The van der Waals surface area contributed by atoms with Gasteiger partial charge in [-0.1, -0.05) is 0 Å². The maximum Gasteiger partial charge on any atom is 1.00 e. The molecule has 72 valence electrons. The van der Waals surface area contributed by atoms with E-state index in [1.54, 1.807) is 12.1 Å². The average molecular weight is 239 g/mol. The van der Waals surface area contributed by atoms with Crippen LogP contribution in [0.4, 0.5) is 5.69 Å². The van der Waals surface area contributed by atoms with Gasteiger partial charge in [-0.25, -0.2) is 4.21 Å². The minimum absolute atomic E-state index is 0. The zero-order valence-corrected chi connectivity index (χ0v) is 11.9. The van der Waals surface area contributed by atoms with Crippen molar-refractivity contribution in [2.24, 2.45) is 0 Å². The molecule has 0 fully saturated rings. The van der Waals surface area contributed by atoms with Gasteiger partial charge < -0.3 is 11.3 Å². The molecule has 1 unspecified atom stereocenters. The number of amides is 1. The van der Waals surface area contributed by atoms with Gasteiger partial charge in [-0.2, -0.15) is 0 Å². The molecule has 14 heavy (non-hydrogen) atoms. The summed E-state index contributed by atoms with van der Waals surface area (Å²) in [6, 6.07) is 6.12. The number of carbonyl (C=O) groups excluding carboxylic acids is 1. The fourth-order valence-corrected chi connectivity index (χ4v) is 1.23. The zero-order chi connectivity index (χ0) is 9.84. The molecular formula is C8H10KNO3S. The first-order valence-corrected chi connectivity index (χ1v) is 4.69. The molecule has 1 rings (SSSR count). The predicted octanol–water partition coefficient (Wildman–Crippen LogP) is -1.66. The quantitative estimate of drug-likeness (QED) is 0.480. The molecule has 0 heterocycles. The zero-order valence-electron chi connectivity index (χ0n) is 8.98. The Morgan fingerprint density at radius 1 is 1.43 bits per heavy atom. The van der Waals surface area contributed by atoms with Crippen molar-refractivity contribution in [1.82, 2.24) is 0 Å². The Kier molecular flexibility index (Phi) is 7.05. The third-order valence-electron chi connectivity index (χ3n) is 1.38. The molecule has 0 spiro atoms. The van der Waals surface area contributed by atoms with E-state index in [4.69, 9.17) is 4.55 Å². The van der Waals surface area contributed by atoms with E-state index in [1.165, 1.54) is 19.1 Å². The van der Waals surface area contributed by atoms with Gasteiger partial charge in [0.1, 0.15) is 0 Å². The summed E-state index contributed by atoms with van der Waals surface area (Å²) >= 11 is -1.96. The topological polar surface area (TPSA) is 66.4 Å². The van der Waals surface area contributed by atoms with Crippen LogP contribution in [0, 0.1) is 0 Å². The molecule has 2 N–H and O–H groups in total. The second-order valence-corrected chi connectivity index (χ2v) is 3.42. The van der Waals surface area contributed by atoms with Gasteiger partial charge in [0.15, 0.2) is 11.1 Å². The second kappa shape index (κ2) is 6.84. The van der Waals surface area contributed by atoms with Crippen LogP contribution in [0.25, 0.3) is 0 Å². The summed E-state index contributed by atoms with van der Waals surface area (Å²) < 4.78 is 19.2. The molecule has 1 aromatic rings. The molecule has 0 aromatic heterocycles. The molecule has 0 saturated heterocycles. The summed E-state index contributed by atoms with van der Waals surface area (Å²) in [5.74, 6) is -0.169. The van der Waals surface area contributed by atoms with Crippen LogP contribution in [0.15, 0.2) is 29.2 Å². The molecule has 0 aliphatic rings. The van der Waals surface area contributed by atoms with E-state index in [-0.39, 0.29) is 58.7 Å². The average Bonchev–Trinajstić information content (AvgIpc) is 2.04. The molecule has 0 radical (unpaired) electrons.